The van der Waals surface area contributed by atoms with E-state index in [0.29, 0.717) is 18.7 Å². The summed E-state index contributed by atoms with van der Waals surface area (Å²) in [7, 11) is 0. The molecule has 1 fully saturated rings. The molecule has 2 N–H and O–H groups in total. The SMILES string of the molecule is CC1CC[C@H](CO)N1. The Labute approximate surface area is 49.9 Å². The zero-order valence-electron chi connectivity index (χ0n) is 5.22. The van der Waals surface area contributed by atoms with E-state index in [4.69, 9.17) is 5.11 Å². The van der Waals surface area contributed by atoms with Gasteiger partial charge in [0.25, 0.3) is 0 Å². The molecule has 1 saturated heterocycles. The standard InChI is InChI=1S/C6H13NO/c1-5-2-3-6(4-8)7-5/h5-8H,2-4H2,1H3/t5?,6-/m1/s1. The molecule has 0 aromatic carbocycles. The van der Waals surface area contributed by atoms with Crippen LogP contribution in [-0.4, -0.2) is 23.8 Å². The molecule has 1 rings (SSSR count). The van der Waals surface area contributed by atoms with Crippen LogP contribution in [0.25, 0.3) is 0 Å². The minimum Gasteiger partial charge on any atom is -0.395 e. The summed E-state index contributed by atoms with van der Waals surface area (Å²) in [6, 6.07) is 0.997. The first kappa shape index (κ1) is 6.05. The molecule has 48 valence electrons. The maximum absolute atomic E-state index is 8.62. The molecule has 2 heteroatoms. The second-order valence-electron chi connectivity index (χ2n) is 2.52. The van der Waals surface area contributed by atoms with Crippen LogP contribution in [0.3, 0.4) is 0 Å². The second-order valence-corrected chi connectivity index (χ2v) is 2.52. The van der Waals surface area contributed by atoms with E-state index in [2.05, 4.69) is 12.2 Å². The number of rotatable bonds is 1. The predicted molar refractivity (Wildman–Crippen MR) is 32.7 cm³/mol. The van der Waals surface area contributed by atoms with Gasteiger partial charge in [-0.2, -0.15) is 0 Å². The molecule has 1 heterocycles. The zero-order valence-corrected chi connectivity index (χ0v) is 5.22. The first-order chi connectivity index (χ1) is 3.83. The Balaban J connectivity index is 2.22. The number of aliphatic hydroxyl groups is 1. The smallest absolute Gasteiger partial charge is 0.0584 e. The largest absolute Gasteiger partial charge is 0.395 e. The Morgan fingerprint density at radius 2 is 2.38 bits per heavy atom. The highest BCUT2D eigenvalue weighted by molar-refractivity contribution is 4.79. The minimum absolute atomic E-state index is 0.296. The van der Waals surface area contributed by atoms with Gasteiger partial charge >= 0.3 is 0 Å². The highest BCUT2D eigenvalue weighted by atomic mass is 16.3. The molecular weight excluding hydrogens is 102 g/mol. The van der Waals surface area contributed by atoms with Gasteiger partial charge < -0.3 is 10.4 Å². The summed E-state index contributed by atoms with van der Waals surface area (Å²) in [6.07, 6.45) is 2.35. The number of aliphatic hydroxyl groups excluding tert-OH is 1. The van der Waals surface area contributed by atoms with Crippen LogP contribution in [0.2, 0.25) is 0 Å². The maximum atomic E-state index is 8.62. The van der Waals surface area contributed by atoms with Crippen molar-refractivity contribution in [3.05, 3.63) is 0 Å². The molecule has 0 bridgehead atoms. The van der Waals surface area contributed by atoms with Crippen molar-refractivity contribution in [1.29, 1.82) is 0 Å². The first-order valence-corrected chi connectivity index (χ1v) is 3.20. The highest BCUT2D eigenvalue weighted by Gasteiger charge is 2.18. The van der Waals surface area contributed by atoms with Crippen LogP contribution in [0, 0.1) is 0 Å². The van der Waals surface area contributed by atoms with Gasteiger partial charge in [0.15, 0.2) is 0 Å². The third kappa shape index (κ3) is 1.20. The molecule has 2 nitrogen and oxygen atoms in total. The van der Waals surface area contributed by atoms with Gasteiger partial charge in [0.1, 0.15) is 0 Å². The second kappa shape index (κ2) is 2.46. The van der Waals surface area contributed by atoms with Crippen molar-refractivity contribution >= 4 is 0 Å². The van der Waals surface area contributed by atoms with Crippen LogP contribution >= 0.6 is 0 Å². The molecule has 0 radical (unpaired) electrons. The molecule has 1 aliphatic heterocycles. The molecule has 1 aliphatic rings. The monoisotopic (exact) mass is 115 g/mol. The topological polar surface area (TPSA) is 32.3 Å². The van der Waals surface area contributed by atoms with Crippen LogP contribution in [0.5, 0.6) is 0 Å². The van der Waals surface area contributed by atoms with Crippen molar-refractivity contribution in [2.24, 2.45) is 0 Å². The molecule has 1 unspecified atom stereocenters. The minimum atomic E-state index is 0.296. The molecule has 0 aromatic rings. The lowest BCUT2D eigenvalue weighted by Crippen LogP contribution is -2.29. The Bertz CT molecular complexity index is 74.9. The van der Waals surface area contributed by atoms with E-state index in [-0.39, 0.29) is 0 Å². The van der Waals surface area contributed by atoms with Crippen molar-refractivity contribution in [1.82, 2.24) is 5.32 Å². The van der Waals surface area contributed by atoms with Gasteiger partial charge in [0.2, 0.25) is 0 Å². The van der Waals surface area contributed by atoms with Gasteiger partial charge in [0, 0.05) is 12.1 Å². The summed E-state index contributed by atoms with van der Waals surface area (Å²) in [5, 5.41) is 11.9. The summed E-state index contributed by atoms with van der Waals surface area (Å²) in [6.45, 7) is 2.44. The van der Waals surface area contributed by atoms with Crippen LogP contribution in [0.15, 0.2) is 0 Å². The summed E-state index contributed by atoms with van der Waals surface area (Å²) in [5.41, 5.74) is 0. The molecule has 0 amide bonds. The molecule has 0 aromatic heterocycles. The zero-order chi connectivity index (χ0) is 5.98. The molecular formula is C6H13NO. The first-order valence-electron chi connectivity index (χ1n) is 3.20. The Morgan fingerprint density at radius 3 is 2.62 bits per heavy atom. The van der Waals surface area contributed by atoms with Crippen LogP contribution < -0.4 is 5.32 Å². The van der Waals surface area contributed by atoms with Crippen molar-refractivity contribution in [2.75, 3.05) is 6.61 Å². The Morgan fingerprint density at radius 1 is 1.62 bits per heavy atom. The average molecular weight is 115 g/mol. The van der Waals surface area contributed by atoms with E-state index < -0.39 is 0 Å². The molecule has 0 spiro atoms. The lowest BCUT2D eigenvalue weighted by Gasteiger charge is -2.05. The van der Waals surface area contributed by atoms with E-state index >= 15 is 0 Å². The van der Waals surface area contributed by atoms with E-state index in [0.717, 1.165) is 6.42 Å². The van der Waals surface area contributed by atoms with Gasteiger partial charge in [-0.1, -0.05) is 0 Å². The fraction of sp³-hybridized carbons (Fsp3) is 1.00. The van der Waals surface area contributed by atoms with Crippen LogP contribution in [0.4, 0.5) is 0 Å². The van der Waals surface area contributed by atoms with Gasteiger partial charge in [-0.25, -0.2) is 0 Å². The number of hydrogen-bond acceptors (Lipinski definition) is 2. The quantitative estimate of drug-likeness (QED) is 0.508. The summed E-state index contributed by atoms with van der Waals surface area (Å²) in [5.74, 6) is 0. The van der Waals surface area contributed by atoms with Gasteiger partial charge in [-0.15, -0.1) is 0 Å². The fourth-order valence-corrected chi connectivity index (χ4v) is 1.16. The van der Waals surface area contributed by atoms with Crippen LogP contribution in [-0.2, 0) is 0 Å². The lowest BCUT2D eigenvalue weighted by molar-refractivity contribution is 0.252. The number of hydrogen-bond donors (Lipinski definition) is 2. The van der Waals surface area contributed by atoms with E-state index in [9.17, 15) is 0 Å². The van der Waals surface area contributed by atoms with Crippen molar-refractivity contribution in [2.45, 2.75) is 31.8 Å². The molecule has 2 atom stereocenters. The van der Waals surface area contributed by atoms with Crippen LogP contribution in [0.1, 0.15) is 19.8 Å². The molecule has 0 saturated carbocycles. The van der Waals surface area contributed by atoms with Gasteiger partial charge in [-0.05, 0) is 19.8 Å². The summed E-state index contributed by atoms with van der Waals surface area (Å²) in [4.78, 5) is 0. The van der Waals surface area contributed by atoms with Crippen molar-refractivity contribution in [3.63, 3.8) is 0 Å². The average Bonchev–Trinajstić information content (AvgIpc) is 2.14. The summed E-state index contributed by atoms with van der Waals surface area (Å²) >= 11 is 0. The third-order valence-electron chi connectivity index (χ3n) is 1.69. The fourth-order valence-electron chi connectivity index (χ4n) is 1.16. The number of nitrogens with one attached hydrogen (secondary N) is 1. The Kier molecular flexibility index (Phi) is 1.86. The summed E-state index contributed by atoms with van der Waals surface area (Å²) < 4.78 is 0. The maximum Gasteiger partial charge on any atom is 0.0584 e. The van der Waals surface area contributed by atoms with E-state index in [1.807, 2.05) is 0 Å². The Hall–Kier alpha value is -0.0800. The highest BCUT2D eigenvalue weighted by Crippen LogP contribution is 2.09. The van der Waals surface area contributed by atoms with Gasteiger partial charge in [0.05, 0.1) is 6.61 Å². The lowest BCUT2D eigenvalue weighted by atomic mass is 10.2. The van der Waals surface area contributed by atoms with Crippen molar-refractivity contribution in [3.8, 4) is 0 Å². The molecule has 8 heavy (non-hydrogen) atoms. The third-order valence-corrected chi connectivity index (χ3v) is 1.69. The van der Waals surface area contributed by atoms with E-state index in [1.165, 1.54) is 6.42 Å². The van der Waals surface area contributed by atoms with E-state index in [1.54, 1.807) is 0 Å². The van der Waals surface area contributed by atoms with Gasteiger partial charge in [-0.3, -0.25) is 0 Å². The molecule has 0 aliphatic carbocycles. The normalized spacial score (nSPS) is 38.2. The van der Waals surface area contributed by atoms with Crippen molar-refractivity contribution < 1.29 is 5.11 Å². The predicted octanol–water partition coefficient (Wildman–Crippen LogP) is 0.119.